The van der Waals surface area contributed by atoms with Gasteiger partial charge in [-0.1, -0.05) is 46.0 Å². The van der Waals surface area contributed by atoms with Crippen molar-refractivity contribution in [2.75, 3.05) is 13.2 Å². The smallest absolute Gasteiger partial charge is 0.331 e. The average molecular weight is 270 g/mol. The summed E-state index contributed by atoms with van der Waals surface area (Å²) < 4.78 is 9.83. The standard InChI is InChI=1S/C15H26O4/c1-3-5-7-8-9-13-19-15(17)11-10-14(16)18-12-6-4-2/h10-11H,3-9,12-13H2,1-2H3/b11-10+. The van der Waals surface area contributed by atoms with E-state index in [4.69, 9.17) is 9.47 Å². The largest absolute Gasteiger partial charge is 0.463 e. The first-order valence-corrected chi connectivity index (χ1v) is 7.22. The van der Waals surface area contributed by atoms with Crippen LogP contribution in [0.1, 0.15) is 58.8 Å². The van der Waals surface area contributed by atoms with Gasteiger partial charge < -0.3 is 9.47 Å². The number of carbonyl (C=O) groups excluding carboxylic acids is 2. The summed E-state index contributed by atoms with van der Waals surface area (Å²) in [7, 11) is 0. The second-order valence-electron chi connectivity index (χ2n) is 4.44. The number of carbonyl (C=O) groups is 2. The summed E-state index contributed by atoms with van der Waals surface area (Å²) in [6.07, 6.45) is 9.59. The topological polar surface area (TPSA) is 52.6 Å². The minimum Gasteiger partial charge on any atom is -0.463 e. The van der Waals surface area contributed by atoms with Crippen molar-refractivity contribution in [3.05, 3.63) is 12.2 Å². The molecule has 4 nitrogen and oxygen atoms in total. The number of rotatable bonds is 11. The average Bonchev–Trinajstić information content (AvgIpc) is 2.40. The molecule has 0 aromatic carbocycles. The summed E-state index contributed by atoms with van der Waals surface area (Å²) in [6, 6.07) is 0. The molecule has 110 valence electrons. The van der Waals surface area contributed by atoms with Crippen molar-refractivity contribution in [3.8, 4) is 0 Å². The third kappa shape index (κ3) is 12.9. The van der Waals surface area contributed by atoms with Gasteiger partial charge in [0.2, 0.25) is 0 Å². The maximum absolute atomic E-state index is 11.2. The zero-order chi connectivity index (χ0) is 14.3. The van der Waals surface area contributed by atoms with Gasteiger partial charge in [0.25, 0.3) is 0 Å². The van der Waals surface area contributed by atoms with Crippen molar-refractivity contribution in [2.24, 2.45) is 0 Å². The van der Waals surface area contributed by atoms with Crippen LogP contribution < -0.4 is 0 Å². The van der Waals surface area contributed by atoms with Gasteiger partial charge in [-0.05, 0) is 12.8 Å². The van der Waals surface area contributed by atoms with E-state index >= 15 is 0 Å². The molecule has 4 heteroatoms. The van der Waals surface area contributed by atoms with Crippen LogP contribution in [0, 0.1) is 0 Å². The van der Waals surface area contributed by atoms with Crippen molar-refractivity contribution in [1.29, 1.82) is 0 Å². The lowest BCUT2D eigenvalue weighted by Crippen LogP contribution is -2.06. The van der Waals surface area contributed by atoms with E-state index in [1.54, 1.807) is 0 Å². The number of esters is 2. The molecule has 0 rings (SSSR count). The lowest BCUT2D eigenvalue weighted by molar-refractivity contribution is -0.140. The van der Waals surface area contributed by atoms with Crippen LogP contribution in [-0.2, 0) is 19.1 Å². The van der Waals surface area contributed by atoms with E-state index in [9.17, 15) is 9.59 Å². The fourth-order valence-corrected chi connectivity index (χ4v) is 1.43. The van der Waals surface area contributed by atoms with E-state index in [-0.39, 0.29) is 0 Å². The van der Waals surface area contributed by atoms with E-state index in [2.05, 4.69) is 6.92 Å². The summed E-state index contributed by atoms with van der Waals surface area (Å²) in [5.74, 6) is -0.976. The molecule has 0 heterocycles. The first kappa shape index (κ1) is 17.7. The number of hydrogen-bond acceptors (Lipinski definition) is 4. The van der Waals surface area contributed by atoms with Crippen LogP contribution in [0.2, 0.25) is 0 Å². The van der Waals surface area contributed by atoms with Gasteiger partial charge in [-0.25, -0.2) is 9.59 Å². The Hall–Kier alpha value is -1.32. The van der Waals surface area contributed by atoms with Gasteiger partial charge in [-0.2, -0.15) is 0 Å². The quantitative estimate of drug-likeness (QED) is 0.328. The van der Waals surface area contributed by atoms with E-state index in [1.807, 2.05) is 6.92 Å². The third-order valence-electron chi connectivity index (χ3n) is 2.59. The maximum Gasteiger partial charge on any atom is 0.331 e. The Bertz CT molecular complexity index is 271. The van der Waals surface area contributed by atoms with Crippen molar-refractivity contribution >= 4 is 11.9 Å². The van der Waals surface area contributed by atoms with Crippen LogP contribution in [0.5, 0.6) is 0 Å². The molecule has 0 amide bonds. The van der Waals surface area contributed by atoms with Crippen LogP contribution in [0.15, 0.2) is 12.2 Å². The predicted octanol–water partition coefficient (Wildman–Crippen LogP) is 3.40. The molecular formula is C15H26O4. The van der Waals surface area contributed by atoms with Gasteiger partial charge in [0.15, 0.2) is 0 Å². The van der Waals surface area contributed by atoms with Crippen molar-refractivity contribution in [3.63, 3.8) is 0 Å². The summed E-state index contributed by atoms with van der Waals surface area (Å²) in [6.45, 7) is 4.98. The zero-order valence-corrected chi connectivity index (χ0v) is 12.2. The van der Waals surface area contributed by atoms with Gasteiger partial charge in [-0.15, -0.1) is 0 Å². The lowest BCUT2D eigenvalue weighted by Gasteiger charge is -2.02. The molecule has 0 bridgehead atoms. The SMILES string of the molecule is CCCCCCCOC(=O)/C=C/C(=O)OCCCC. The first-order valence-electron chi connectivity index (χ1n) is 7.22. The van der Waals surface area contributed by atoms with Crippen molar-refractivity contribution < 1.29 is 19.1 Å². The minimum atomic E-state index is -0.492. The summed E-state index contributed by atoms with van der Waals surface area (Å²) in [4.78, 5) is 22.4. The van der Waals surface area contributed by atoms with Gasteiger partial charge in [0, 0.05) is 12.2 Å². The van der Waals surface area contributed by atoms with Gasteiger partial charge >= 0.3 is 11.9 Å². The van der Waals surface area contributed by atoms with E-state index in [1.165, 1.54) is 19.3 Å². The second-order valence-corrected chi connectivity index (χ2v) is 4.44. The van der Waals surface area contributed by atoms with Crippen LogP contribution in [0.25, 0.3) is 0 Å². The molecule has 0 radical (unpaired) electrons. The highest BCUT2D eigenvalue weighted by Gasteiger charge is 2.00. The van der Waals surface area contributed by atoms with Gasteiger partial charge in [0.05, 0.1) is 13.2 Å². The first-order chi connectivity index (χ1) is 9.20. The Labute approximate surface area is 116 Å². The minimum absolute atomic E-state index is 0.395. The summed E-state index contributed by atoms with van der Waals surface area (Å²) in [5, 5.41) is 0. The van der Waals surface area contributed by atoms with E-state index < -0.39 is 11.9 Å². The molecule has 0 saturated carbocycles. The van der Waals surface area contributed by atoms with E-state index in [0.29, 0.717) is 13.2 Å². The Morgan fingerprint density at radius 2 is 1.21 bits per heavy atom. The molecule has 0 aliphatic heterocycles. The fourth-order valence-electron chi connectivity index (χ4n) is 1.43. The number of hydrogen-bond donors (Lipinski definition) is 0. The Balaban J connectivity index is 3.53. The molecule has 0 aliphatic rings. The Kier molecular flexibility index (Phi) is 12.2. The molecule has 0 aromatic rings. The lowest BCUT2D eigenvalue weighted by atomic mass is 10.2. The molecule has 0 aromatic heterocycles. The normalized spacial score (nSPS) is 10.6. The molecule has 19 heavy (non-hydrogen) atoms. The number of ether oxygens (including phenoxy) is 2. The van der Waals surface area contributed by atoms with E-state index in [0.717, 1.165) is 37.8 Å². The molecule has 0 saturated heterocycles. The summed E-state index contributed by atoms with van der Waals surface area (Å²) >= 11 is 0. The maximum atomic E-state index is 11.2. The highest BCUT2D eigenvalue weighted by Crippen LogP contribution is 2.02. The predicted molar refractivity (Wildman–Crippen MR) is 74.7 cm³/mol. The number of unbranched alkanes of at least 4 members (excludes halogenated alkanes) is 5. The Morgan fingerprint density at radius 3 is 1.74 bits per heavy atom. The van der Waals surface area contributed by atoms with Crippen LogP contribution in [0.3, 0.4) is 0 Å². The summed E-state index contributed by atoms with van der Waals surface area (Å²) in [5.41, 5.74) is 0. The molecule has 0 fully saturated rings. The van der Waals surface area contributed by atoms with Gasteiger partial charge in [0.1, 0.15) is 0 Å². The molecule has 0 unspecified atom stereocenters. The highest BCUT2D eigenvalue weighted by molar-refractivity contribution is 5.91. The van der Waals surface area contributed by atoms with Crippen molar-refractivity contribution in [1.82, 2.24) is 0 Å². The monoisotopic (exact) mass is 270 g/mol. The van der Waals surface area contributed by atoms with Crippen molar-refractivity contribution in [2.45, 2.75) is 58.8 Å². The molecule has 0 aliphatic carbocycles. The van der Waals surface area contributed by atoms with Crippen LogP contribution >= 0.6 is 0 Å². The Morgan fingerprint density at radius 1 is 0.737 bits per heavy atom. The highest BCUT2D eigenvalue weighted by atomic mass is 16.5. The molecule has 0 atom stereocenters. The van der Waals surface area contributed by atoms with Gasteiger partial charge in [-0.3, -0.25) is 0 Å². The van der Waals surface area contributed by atoms with Crippen LogP contribution in [0.4, 0.5) is 0 Å². The molecule has 0 spiro atoms. The second kappa shape index (κ2) is 13.1. The molecular weight excluding hydrogens is 244 g/mol. The fraction of sp³-hybridized carbons (Fsp3) is 0.733. The van der Waals surface area contributed by atoms with Crippen LogP contribution in [-0.4, -0.2) is 25.2 Å². The zero-order valence-electron chi connectivity index (χ0n) is 12.2. The third-order valence-corrected chi connectivity index (χ3v) is 2.59. The molecule has 0 N–H and O–H groups in total.